The number of nitrogens with zero attached hydrogens (tertiary/aromatic N) is 3. The second-order valence-corrected chi connectivity index (χ2v) is 3.99. The third kappa shape index (κ3) is 2.66. The molecule has 19 heavy (non-hydrogen) atoms. The summed E-state index contributed by atoms with van der Waals surface area (Å²) in [4.78, 5) is 16.7. The molecule has 0 fully saturated rings. The zero-order valence-electron chi connectivity index (χ0n) is 9.87. The number of rotatable bonds is 5. The van der Waals surface area contributed by atoms with E-state index in [-0.39, 0.29) is 6.42 Å². The van der Waals surface area contributed by atoms with E-state index in [0.29, 0.717) is 5.69 Å². The molecular weight excluding hydrogens is 248 g/mol. The van der Waals surface area contributed by atoms with Crippen LogP contribution in [0.25, 0.3) is 21.3 Å². The number of nitrogens with two attached hydrogens (primary N) is 1. The molecule has 1 atom stereocenters. The number of aromatic amines is 1. The maximum absolute atomic E-state index is 10.9. The fourth-order valence-electron chi connectivity index (χ4n) is 1.89. The number of H-pyrrole nitrogens is 1. The second-order valence-electron chi connectivity index (χ2n) is 3.99. The normalized spacial score (nSPS) is 12.1. The molecule has 0 unspecified atom stereocenters. The Labute approximate surface area is 107 Å². The molecule has 2 aromatic rings. The molecule has 0 amide bonds. The van der Waals surface area contributed by atoms with Crippen molar-refractivity contribution in [2.75, 3.05) is 0 Å². The van der Waals surface area contributed by atoms with Crippen molar-refractivity contribution in [3.05, 3.63) is 40.4 Å². The van der Waals surface area contributed by atoms with E-state index in [1.165, 1.54) is 0 Å². The van der Waals surface area contributed by atoms with Crippen LogP contribution in [-0.2, 0) is 11.2 Å². The number of benzene rings is 1. The number of carboxylic acids is 1. The largest absolute Gasteiger partial charge is 0.480 e. The van der Waals surface area contributed by atoms with Crippen LogP contribution in [0.4, 0.5) is 5.69 Å². The van der Waals surface area contributed by atoms with Gasteiger partial charge in [-0.05, 0) is 23.2 Å². The van der Waals surface area contributed by atoms with Crippen molar-refractivity contribution in [2.24, 2.45) is 11.0 Å². The van der Waals surface area contributed by atoms with Gasteiger partial charge in [-0.2, -0.15) is 0 Å². The van der Waals surface area contributed by atoms with Gasteiger partial charge in [0.25, 0.3) is 0 Å². The molecule has 0 saturated heterocycles. The Balaban J connectivity index is 2.40. The second kappa shape index (κ2) is 5.40. The summed E-state index contributed by atoms with van der Waals surface area (Å²) in [5.41, 5.74) is 12.8. The number of aliphatic carboxylic acids is 1. The van der Waals surface area contributed by atoms with Crippen molar-refractivity contribution >= 4 is 22.6 Å². The number of fused-ring (bicyclic) bond motifs is 1. The Kier molecular flexibility index (Phi) is 3.67. The first-order valence-corrected chi connectivity index (χ1v) is 5.49. The third-order valence-corrected chi connectivity index (χ3v) is 2.83. The van der Waals surface area contributed by atoms with E-state index in [2.05, 4.69) is 20.4 Å². The smallest absolute Gasteiger partial charge is 0.322 e. The third-order valence-electron chi connectivity index (χ3n) is 2.83. The zero-order chi connectivity index (χ0) is 13.8. The Morgan fingerprint density at radius 2 is 2.42 bits per heavy atom. The summed E-state index contributed by atoms with van der Waals surface area (Å²) >= 11 is 0. The molecule has 98 valence electrons. The predicted molar refractivity (Wildman–Crippen MR) is 69.6 cm³/mol. The Bertz CT molecular complexity index is 658. The molecular formula is C11H12N6O2. The number of carbonyl (C=O) groups is 1. The summed E-state index contributed by atoms with van der Waals surface area (Å²) in [5.74, 6) is 4.18. The highest BCUT2D eigenvalue weighted by Gasteiger charge is 2.17. The lowest BCUT2D eigenvalue weighted by Gasteiger charge is -2.09. The minimum absolute atomic E-state index is 0.228. The van der Waals surface area contributed by atoms with Gasteiger partial charge in [-0.1, -0.05) is 11.2 Å². The van der Waals surface area contributed by atoms with Crippen molar-refractivity contribution < 1.29 is 9.90 Å². The van der Waals surface area contributed by atoms with Gasteiger partial charge in [0.2, 0.25) is 0 Å². The lowest BCUT2D eigenvalue weighted by molar-refractivity contribution is -0.139. The van der Waals surface area contributed by atoms with Crippen LogP contribution >= 0.6 is 0 Å². The van der Waals surface area contributed by atoms with Gasteiger partial charge in [-0.3, -0.25) is 10.6 Å². The van der Waals surface area contributed by atoms with E-state index in [9.17, 15) is 4.79 Å². The van der Waals surface area contributed by atoms with Gasteiger partial charge in [0, 0.05) is 34.1 Å². The average molecular weight is 260 g/mol. The van der Waals surface area contributed by atoms with Crippen molar-refractivity contribution in [2.45, 2.75) is 12.5 Å². The molecule has 2 rings (SSSR count). The van der Waals surface area contributed by atoms with Gasteiger partial charge < -0.3 is 10.1 Å². The minimum Gasteiger partial charge on any atom is -0.480 e. The van der Waals surface area contributed by atoms with Crippen LogP contribution in [0.1, 0.15) is 5.56 Å². The number of azide groups is 1. The first-order valence-electron chi connectivity index (χ1n) is 5.49. The summed E-state index contributed by atoms with van der Waals surface area (Å²) in [6, 6.07) is 4.28. The van der Waals surface area contributed by atoms with E-state index in [1.54, 1.807) is 24.4 Å². The molecule has 5 N–H and O–H groups in total. The average Bonchev–Trinajstić information content (AvgIpc) is 2.78. The first kappa shape index (κ1) is 12.9. The van der Waals surface area contributed by atoms with Crippen LogP contribution < -0.4 is 11.3 Å². The maximum atomic E-state index is 10.9. The van der Waals surface area contributed by atoms with E-state index in [1.807, 2.05) is 0 Å². The summed E-state index contributed by atoms with van der Waals surface area (Å²) in [6.07, 6.45) is 1.95. The molecule has 0 bridgehead atoms. The molecule has 1 aromatic heterocycles. The lowest BCUT2D eigenvalue weighted by atomic mass is 10.1. The topological polar surface area (TPSA) is 140 Å². The van der Waals surface area contributed by atoms with Crippen LogP contribution in [0.5, 0.6) is 0 Å². The summed E-state index contributed by atoms with van der Waals surface area (Å²) < 4.78 is 0. The number of hydrogen-bond donors (Lipinski definition) is 4. The van der Waals surface area contributed by atoms with Crippen molar-refractivity contribution in [1.82, 2.24) is 10.4 Å². The SMILES string of the molecule is [N-]=[N+]=Nc1ccc2[nH]cc(C[C@H](NN)C(=O)O)c2c1. The zero-order valence-corrected chi connectivity index (χ0v) is 9.87. The molecule has 0 spiro atoms. The van der Waals surface area contributed by atoms with Gasteiger partial charge in [-0.15, -0.1) is 0 Å². The fourth-order valence-corrected chi connectivity index (χ4v) is 1.89. The molecule has 1 heterocycles. The van der Waals surface area contributed by atoms with Crippen molar-refractivity contribution in [1.29, 1.82) is 0 Å². The highest BCUT2D eigenvalue weighted by atomic mass is 16.4. The highest BCUT2D eigenvalue weighted by Crippen LogP contribution is 2.25. The van der Waals surface area contributed by atoms with Gasteiger partial charge >= 0.3 is 5.97 Å². The monoisotopic (exact) mass is 260 g/mol. The number of hydrogen-bond acceptors (Lipinski definition) is 4. The summed E-state index contributed by atoms with van der Waals surface area (Å²) in [6.45, 7) is 0. The number of carboxylic acid groups (broad SMARTS) is 1. The van der Waals surface area contributed by atoms with Gasteiger partial charge in [0.1, 0.15) is 6.04 Å². The Morgan fingerprint density at radius 1 is 1.63 bits per heavy atom. The van der Waals surface area contributed by atoms with Crippen LogP contribution in [0.3, 0.4) is 0 Å². The first-order chi connectivity index (χ1) is 9.15. The van der Waals surface area contributed by atoms with Gasteiger partial charge in [0.15, 0.2) is 0 Å². The minimum atomic E-state index is -1.02. The molecule has 0 radical (unpaired) electrons. The summed E-state index contributed by atoms with van der Waals surface area (Å²) in [7, 11) is 0. The van der Waals surface area contributed by atoms with E-state index in [4.69, 9.17) is 16.5 Å². The number of nitrogens with one attached hydrogen (secondary N) is 2. The maximum Gasteiger partial charge on any atom is 0.322 e. The highest BCUT2D eigenvalue weighted by molar-refractivity contribution is 5.86. The molecule has 8 heteroatoms. The van der Waals surface area contributed by atoms with Crippen LogP contribution in [0.2, 0.25) is 0 Å². The van der Waals surface area contributed by atoms with Crippen LogP contribution in [-0.4, -0.2) is 22.1 Å². The van der Waals surface area contributed by atoms with E-state index < -0.39 is 12.0 Å². The summed E-state index contributed by atoms with van der Waals surface area (Å²) in [5, 5.41) is 13.3. The van der Waals surface area contributed by atoms with Gasteiger partial charge in [0.05, 0.1) is 0 Å². The molecule has 0 saturated carbocycles. The molecule has 0 aliphatic carbocycles. The number of aromatic nitrogens is 1. The fraction of sp³-hybridized carbons (Fsp3) is 0.182. The molecule has 8 nitrogen and oxygen atoms in total. The predicted octanol–water partition coefficient (Wildman–Crippen LogP) is 1.57. The van der Waals surface area contributed by atoms with Crippen LogP contribution in [0, 0.1) is 0 Å². The Morgan fingerprint density at radius 3 is 3.05 bits per heavy atom. The van der Waals surface area contributed by atoms with Gasteiger partial charge in [-0.25, -0.2) is 5.43 Å². The van der Waals surface area contributed by atoms with Crippen molar-refractivity contribution in [3.63, 3.8) is 0 Å². The lowest BCUT2D eigenvalue weighted by Crippen LogP contribution is -2.42. The standard InChI is InChI=1S/C11H12N6O2/c12-15-10(11(18)19)3-6-5-14-9-2-1-7(16-17-13)4-8(6)9/h1-2,4-5,10,14-15H,3,12H2,(H,18,19)/t10-/m0/s1. The molecule has 1 aromatic carbocycles. The Hall–Kier alpha value is -2.54. The van der Waals surface area contributed by atoms with Crippen molar-refractivity contribution in [3.8, 4) is 0 Å². The molecule has 0 aliphatic heterocycles. The van der Waals surface area contributed by atoms with Crippen LogP contribution in [0.15, 0.2) is 29.5 Å². The number of hydrazine groups is 1. The van der Waals surface area contributed by atoms with E-state index >= 15 is 0 Å². The van der Waals surface area contributed by atoms with E-state index in [0.717, 1.165) is 16.5 Å². The molecule has 0 aliphatic rings. The quantitative estimate of drug-likeness (QED) is 0.213.